The summed E-state index contributed by atoms with van der Waals surface area (Å²) in [5.74, 6) is -0.559. The molecule has 2 aromatic rings. The van der Waals surface area contributed by atoms with Gasteiger partial charge in [0, 0.05) is 5.56 Å². The van der Waals surface area contributed by atoms with Gasteiger partial charge >= 0.3 is 5.97 Å². The smallest absolute Gasteiger partial charge is 0.321 e. The molecule has 0 aliphatic heterocycles. The van der Waals surface area contributed by atoms with Crippen molar-refractivity contribution in [2.75, 3.05) is 0 Å². The lowest BCUT2D eigenvalue weighted by molar-refractivity contribution is -0.164. The molecule has 124 valence electrons. The molecule has 1 atom stereocenters. The number of hydrogen-bond donors (Lipinski definition) is 0. The third kappa shape index (κ3) is 2.99. The van der Waals surface area contributed by atoms with Crippen molar-refractivity contribution in [3.63, 3.8) is 0 Å². The van der Waals surface area contributed by atoms with Crippen molar-refractivity contribution >= 4 is 11.8 Å². The van der Waals surface area contributed by atoms with E-state index in [1.54, 1.807) is 6.07 Å². The number of carbonyl (C=O) groups is 2. The van der Waals surface area contributed by atoms with Gasteiger partial charge in [0.05, 0.1) is 0 Å². The van der Waals surface area contributed by atoms with Gasteiger partial charge in [-0.05, 0) is 44.7 Å². The Morgan fingerprint density at radius 1 is 1.04 bits per heavy atom. The maximum absolute atomic E-state index is 13.1. The molecule has 0 saturated heterocycles. The van der Waals surface area contributed by atoms with Gasteiger partial charge in [-0.25, -0.2) is 0 Å². The van der Waals surface area contributed by atoms with E-state index in [1.807, 2.05) is 69.3 Å². The van der Waals surface area contributed by atoms with Crippen molar-refractivity contribution in [1.82, 2.24) is 0 Å². The highest BCUT2D eigenvalue weighted by Crippen LogP contribution is 2.41. The van der Waals surface area contributed by atoms with Crippen LogP contribution in [0.25, 0.3) is 0 Å². The van der Waals surface area contributed by atoms with Crippen LogP contribution in [0.2, 0.25) is 0 Å². The molecular weight excluding hydrogens is 300 g/mol. The molecule has 0 spiro atoms. The highest BCUT2D eigenvalue weighted by Gasteiger charge is 2.53. The molecule has 0 saturated carbocycles. The van der Waals surface area contributed by atoms with Crippen LogP contribution in [0.5, 0.6) is 0 Å². The first-order valence-electron chi connectivity index (χ1n) is 8.22. The Labute approximate surface area is 142 Å². The van der Waals surface area contributed by atoms with E-state index in [0.717, 1.165) is 11.1 Å². The Bertz CT molecular complexity index is 771. The first-order chi connectivity index (χ1) is 11.3. The molecule has 1 aliphatic carbocycles. The van der Waals surface area contributed by atoms with Crippen molar-refractivity contribution in [2.24, 2.45) is 5.41 Å². The Morgan fingerprint density at radius 3 is 2.29 bits per heavy atom. The van der Waals surface area contributed by atoms with Crippen LogP contribution in [-0.4, -0.2) is 17.4 Å². The van der Waals surface area contributed by atoms with Crippen molar-refractivity contribution in [3.8, 4) is 0 Å². The number of carbonyl (C=O) groups excluding carboxylic acids is 2. The van der Waals surface area contributed by atoms with Crippen LogP contribution < -0.4 is 0 Å². The molecule has 0 amide bonds. The second kappa shape index (κ2) is 5.90. The summed E-state index contributed by atoms with van der Waals surface area (Å²) >= 11 is 0. The molecule has 0 heterocycles. The Kier molecular flexibility index (Phi) is 4.04. The summed E-state index contributed by atoms with van der Waals surface area (Å²) in [6, 6.07) is 17.1. The maximum Gasteiger partial charge on any atom is 0.321 e. The van der Waals surface area contributed by atoms with Gasteiger partial charge < -0.3 is 4.74 Å². The van der Waals surface area contributed by atoms with E-state index >= 15 is 0 Å². The van der Waals surface area contributed by atoms with E-state index in [2.05, 4.69) is 0 Å². The van der Waals surface area contributed by atoms with Gasteiger partial charge in [0.25, 0.3) is 0 Å². The first-order valence-corrected chi connectivity index (χ1v) is 8.22. The molecule has 0 fully saturated rings. The van der Waals surface area contributed by atoms with Crippen LogP contribution in [0.4, 0.5) is 0 Å². The molecule has 2 aromatic carbocycles. The molecule has 1 aliphatic rings. The largest absolute Gasteiger partial charge is 0.459 e. The molecule has 0 aromatic heterocycles. The molecule has 0 radical (unpaired) electrons. The standard InChI is InChI=1S/C21H22O3/c1-20(2,3)24-19(23)21(13-15-9-5-4-6-10-15)14-16-11-7-8-12-17(16)18(21)22/h4-12H,13-14H2,1-3H3. The summed E-state index contributed by atoms with van der Waals surface area (Å²) in [4.78, 5) is 26.2. The van der Waals surface area contributed by atoms with Crippen molar-refractivity contribution in [3.05, 3.63) is 71.3 Å². The zero-order valence-corrected chi connectivity index (χ0v) is 14.3. The van der Waals surface area contributed by atoms with Crippen LogP contribution in [0, 0.1) is 5.41 Å². The Hall–Kier alpha value is -2.42. The predicted octanol–water partition coefficient (Wildman–Crippen LogP) is 4.00. The van der Waals surface area contributed by atoms with E-state index in [9.17, 15) is 9.59 Å². The number of ketones is 1. The summed E-state index contributed by atoms with van der Waals surface area (Å²) in [7, 11) is 0. The Morgan fingerprint density at radius 2 is 1.67 bits per heavy atom. The predicted molar refractivity (Wildman–Crippen MR) is 92.9 cm³/mol. The molecular formula is C21H22O3. The lowest BCUT2D eigenvalue weighted by Crippen LogP contribution is -2.43. The van der Waals surface area contributed by atoms with Crippen LogP contribution >= 0.6 is 0 Å². The molecule has 0 bridgehead atoms. The van der Waals surface area contributed by atoms with E-state index in [0.29, 0.717) is 18.4 Å². The number of esters is 1. The van der Waals surface area contributed by atoms with Crippen LogP contribution in [0.3, 0.4) is 0 Å². The van der Waals surface area contributed by atoms with E-state index in [1.165, 1.54) is 0 Å². The topological polar surface area (TPSA) is 43.4 Å². The van der Waals surface area contributed by atoms with Gasteiger partial charge in [-0.3, -0.25) is 9.59 Å². The third-order valence-electron chi connectivity index (χ3n) is 4.33. The monoisotopic (exact) mass is 322 g/mol. The fourth-order valence-corrected chi connectivity index (χ4v) is 3.26. The summed E-state index contributed by atoms with van der Waals surface area (Å²) < 4.78 is 5.64. The summed E-state index contributed by atoms with van der Waals surface area (Å²) in [5, 5.41) is 0. The van der Waals surface area contributed by atoms with Crippen LogP contribution in [0.1, 0.15) is 42.3 Å². The number of hydrogen-bond acceptors (Lipinski definition) is 3. The number of Topliss-reactive ketones (excluding diaryl/α,β-unsaturated/α-hetero) is 1. The number of rotatable bonds is 3. The first kappa shape index (κ1) is 16.4. The van der Waals surface area contributed by atoms with Crippen LogP contribution in [-0.2, 0) is 22.4 Å². The normalized spacial score (nSPS) is 19.9. The average molecular weight is 322 g/mol. The lowest BCUT2D eigenvalue weighted by Gasteiger charge is -2.30. The van der Waals surface area contributed by atoms with Crippen molar-refractivity contribution < 1.29 is 14.3 Å². The minimum absolute atomic E-state index is 0.129. The van der Waals surface area contributed by atoms with Gasteiger partial charge in [0.15, 0.2) is 5.78 Å². The highest BCUT2D eigenvalue weighted by molar-refractivity contribution is 6.16. The number of fused-ring (bicyclic) bond motifs is 1. The molecule has 3 nitrogen and oxygen atoms in total. The van der Waals surface area contributed by atoms with Gasteiger partial charge in [0.2, 0.25) is 0 Å². The van der Waals surface area contributed by atoms with E-state index in [4.69, 9.17) is 4.74 Å². The second-order valence-electron chi connectivity index (χ2n) is 7.41. The Balaban J connectivity index is 2.03. The zero-order valence-electron chi connectivity index (χ0n) is 14.3. The summed E-state index contributed by atoms with van der Waals surface area (Å²) in [6.45, 7) is 5.48. The van der Waals surface area contributed by atoms with Gasteiger partial charge in [-0.1, -0.05) is 54.6 Å². The second-order valence-corrected chi connectivity index (χ2v) is 7.41. The molecule has 1 unspecified atom stereocenters. The maximum atomic E-state index is 13.1. The number of benzene rings is 2. The minimum Gasteiger partial charge on any atom is -0.459 e. The molecule has 24 heavy (non-hydrogen) atoms. The number of ether oxygens (including phenoxy) is 1. The quantitative estimate of drug-likeness (QED) is 0.634. The van der Waals surface area contributed by atoms with Gasteiger partial charge in [-0.15, -0.1) is 0 Å². The van der Waals surface area contributed by atoms with E-state index < -0.39 is 17.0 Å². The fraction of sp³-hybridized carbons (Fsp3) is 0.333. The highest BCUT2D eigenvalue weighted by atomic mass is 16.6. The summed E-state index contributed by atoms with van der Waals surface area (Å²) in [5.41, 5.74) is 0.724. The van der Waals surface area contributed by atoms with E-state index in [-0.39, 0.29) is 5.78 Å². The molecule has 3 rings (SSSR count). The van der Waals surface area contributed by atoms with Crippen LogP contribution in [0.15, 0.2) is 54.6 Å². The van der Waals surface area contributed by atoms with Gasteiger partial charge in [0.1, 0.15) is 11.0 Å². The molecule has 3 heteroatoms. The molecule has 0 N–H and O–H groups in total. The third-order valence-corrected chi connectivity index (χ3v) is 4.33. The van der Waals surface area contributed by atoms with Crippen molar-refractivity contribution in [2.45, 2.75) is 39.2 Å². The lowest BCUT2D eigenvalue weighted by atomic mass is 9.77. The van der Waals surface area contributed by atoms with Gasteiger partial charge in [-0.2, -0.15) is 0 Å². The zero-order chi connectivity index (χ0) is 17.4. The average Bonchev–Trinajstić information content (AvgIpc) is 2.81. The fourth-order valence-electron chi connectivity index (χ4n) is 3.26. The SMILES string of the molecule is CC(C)(C)OC(=O)C1(Cc2ccccc2)Cc2ccccc2C1=O. The summed E-state index contributed by atoms with van der Waals surface area (Å²) in [6.07, 6.45) is 0.752. The minimum atomic E-state index is -1.17. The van der Waals surface area contributed by atoms with Crippen molar-refractivity contribution in [1.29, 1.82) is 0 Å².